The van der Waals surface area contributed by atoms with Crippen LogP contribution in [-0.4, -0.2) is 34.1 Å². The third-order valence-corrected chi connectivity index (χ3v) is 7.00. The van der Waals surface area contributed by atoms with Crippen LogP contribution in [0.3, 0.4) is 0 Å². The smallest absolute Gasteiger partial charge is 0.322 e. The molecule has 1 unspecified atom stereocenters. The standard InChI is InChI=1S/C32H38N4O3/c1-5-7-8-13-22-35(32(38)33-24-20-18-23(3)19-21-24)27(6-2)30-34-26-15-10-9-14-25(26)31(37)36(30)28-16-11-12-17-29(28)39-4/h9-12,14-21,27H,5-8,13,22H2,1-4H3,(H,33,38). The number of aryl methyl sites for hydroxylation is 1. The van der Waals surface area contributed by atoms with Crippen LogP contribution in [0.1, 0.15) is 63.4 Å². The highest BCUT2D eigenvalue weighted by molar-refractivity contribution is 5.89. The van der Waals surface area contributed by atoms with Crippen LogP contribution in [0.15, 0.2) is 77.6 Å². The lowest BCUT2D eigenvalue weighted by Crippen LogP contribution is -2.41. The Labute approximate surface area is 230 Å². The first-order chi connectivity index (χ1) is 19.0. The van der Waals surface area contributed by atoms with Crippen LogP contribution in [0.4, 0.5) is 10.5 Å². The fourth-order valence-corrected chi connectivity index (χ4v) is 4.90. The summed E-state index contributed by atoms with van der Waals surface area (Å²) in [6.45, 7) is 6.75. The SMILES string of the molecule is CCCCCCN(C(=O)Nc1ccc(C)cc1)C(CC)c1nc2ccccc2c(=O)n1-c1ccccc1OC. The minimum Gasteiger partial charge on any atom is -0.495 e. The number of methoxy groups -OCH3 is 1. The maximum absolute atomic E-state index is 14.0. The zero-order chi connectivity index (χ0) is 27.8. The van der Waals surface area contributed by atoms with E-state index in [1.165, 1.54) is 0 Å². The number of rotatable bonds is 11. The molecule has 0 fully saturated rings. The second-order valence-corrected chi connectivity index (χ2v) is 9.77. The highest BCUT2D eigenvalue weighted by Gasteiger charge is 2.29. The van der Waals surface area contributed by atoms with Crippen LogP contribution in [0.25, 0.3) is 16.6 Å². The number of fused-ring (bicyclic) bond motifs is 1. The average molecular weight is 527 g/mol. The van der Waals surface area contributed by atoms with E-state index in [2.05, 4.69) is 12.2 Å². The van der Waals surface area contributed by atoms with E-state index in [4.69, 9.17) is 9.72 Å². The van der Waals surface area contributed by atoms with Crippen LogP contribution in [-0.2, 0) is 0 Å². The Morgan fingerprint density at radius 3 is 2.41 bits per heavy atom. The Kier molecular flexibility index (Phi) is 9.36. The molecule has 4 rings (SSSR count). The van der Waals surface area contributed by atoms with E-state index >= 15 is 0 Å². The molecule has 0 aliphatic rings. The quantitative estimate of drug-likeness (QED) is 0.209. The van der Waals surface area contributed by atoms with Crippen molar-refractivity contribution in [1.82, 2.24) is 14.5 Å². The lowest BCUT2D eigenvalue weighted by atomic mass is 10.1. The largest absolute Gasteiger partial charge is 0.495 e. The van der Waals surface area contributed by atoms with E-state index in [1.54, 1.807) is 17.7 Å². The van der Waals surface area contributed by atoms with Gasteiger partial charge in [0, 0.05) is 12.2 Å². The summed E-state index contributed by atoms with van der Waals surface area (Å²) < 4.78 is 7.26. The van der Waals surface area contributed by atoms with Crippen LogP contribution < -0.4 is 15.6 Å². The number of nitrogens with zero attached hydrogens (tertiary/aromatic N) is 3. The number of ether oxygens (including phenoxy) is 1. The minimum absolute atomic E-state index is 0.191. The van der Waals surface area contributed by atoms with Crippen molar-refractivity contribution in [2.75, 3.05) is 19.0 Å². The molecule has 1 heterocycles. The van der Waals surface area contributed by atoms with Crippen molar-refractivity contribution in [1.29, 1.82) is 0 Å². The monoisotopic (exact) mass is 526 g/mol. The number of aromatic nitrogens is 2. The molecule has 0 saturated heterocycles. The van der Waals surface area contributed by atoms with Crippen molar-refractivity contribution in [3.05, 3.63) is 94.5 Å². The molecule has 39 heavy (non-hydrogen) atoms. The fraction of sp³-hybridized carbons (Fsp3) is 0.344. The van der Waals surface area contributed by atoms with Gasteiger partial charge in [-0.1, -0.05) is 75.1 Å². The number of hydrogen-bond donors (Lipinski definition) is 1. The Balaban J connectivity index is 1.86. The van der Waals surface area contributed by atoms with Crippen LogP contribution in [0, 0.1) is 6.92 Å². The number of anilines is 1. The summed E-state index contributed by atoms with van der Waals surface area (Å²) in [7, 11) is 1.59. The molecule has 204 valence electrons. The van der Waals surface area contributed by atoms with Gasteiger partial charge in [-0.05, 0) is 56.2 Å². The molecule has 4 aromatic rings. The molecule has 0 aliphatic heterocycles. The number of amides is 2. The molecular weight excluding hydrogens is 488 g/mol. The molecule has 3 aromatic carbocycles. The van der Waals surface area contributed by atoms with Gasteiger partial charge in [-0.15, -0.1) is 0 Å². The zero-order valence-electron chi connectivity index (χ0n) is 23.3. The van der Waals surface area contributed by atoms with Gasteiger partial charge in [0.05, 0.1) is 29.7 Å². The van der Waals surface area contributed by atoms with E-state index in [0.29, 0.717) is 41.1 Å². The Morgan fingerprint density at radius 1 is 0.974 bits per heavy atom. The Bertz CT molecular complexity index is 1460. The second-order valence-electron chi connectivity index (χ2n) is 9.77. The summed E-state index contributed by atoms with van der Waals surface area (Å²) in [6, 6.07) is 21.9. The number of carbonyl (C=O) groups is 1. The minimum atomic E-state index is -0.445. The average Bonchev–Trinajstić information content (AvgIpc) is 2.96. The van der Waals surface area contributed by atoms with Crippen molar-refractivity contribution in [3.63, 3.8) is 0 Å². The van der Waals surface area contributed by atoms with Gasteiger partial charge in [0.15, 0.2) is 0 Å². The van der Waals surface area contributed by atoms with Crippen molar-refractivity contribution < 1.29 is 9.53 Å². The molecule has 1 atom stereocenters. The molecule has 0 bridgehead atoms. The fourth-order valence-electron chi connectivity index (χ4n) is 4.90. The van der Waals surface area contributed by atoms with Gasteiger partial charge >= 0.3 is 6.03 Å². The van der Waals surface area contributed by atoms with Crippen LogP contribution in [0.2, 0.25) is 0 Å². The van der Waals surface area contributed by atoms with Crippen molar-refractivity contribution in [2.24, 2.45) is 0 Å². The van der Waals surface area contributed by atoms with E-state index in [0.717, 1.165) is 36.9 Å². The van der Waals surface area contributed by atoms with E-state index < -0.39 is 6.04 Å². The first-order valence-corrected chi connectivity index (χ1v) is 13.8. The summed E-state index contributed by atoms with van der Waals surface area (Å²) in [6.07, 6.45) is 4.66. The van der Waals surface area contributed by atoms with Gasteiger partial charge in [0.1, 0.15) is 11.6 Å². The Hall–Kier alpha value is -4.13. The van der Waals surface area contributed by atoms with Crippen molar-refractivity contribution in [3.8, 4) is 11.4 Å². The summed E-state index contributed by atoms with van der Waals surface area (Å²) in [4.78, 5) is 34.7. The number of unbranched alkanes of at least 4 members (excludes halogenated alkanes) is 3. The highest BCUT2D eigenvalue weighted by Crippen LogP contribution is 2.30. The van der Waals surface area contributed by atoms with Crippen molar-refractivity contribution in [2.45, 2.75) is 58.9 Å². The van der Waals surface area contributed by atoms with E-state index in [1.807, 2.05) is 85.5 Å². The zero-order valence-corrected chi connectivity index (χ0v) is 23.3. The van der Waals surface area contributed by atoms with Crippen LogP contribution in [0.5, 0.6) is 5.75 Å². The summed E-state index contributed by atoms with van der Waals surface area (Å²) >= 11 is 0. The van der Waals surface area contributed by atoms with Crippen LogP contribution >= 0.6 is 0 Å². The summed E-state index contributed by atoms with van der Waals surface area (Å²) in [5, 5.41) is 3.59. The molecule has 0 radical (unpaired) electrons. The van der Waals surface area contributed by atoms with Gasteiger partial charge in [-0.2, -0.15) is 0 Å². The molecule has 7 heteroatoms. The number of hydrogen-bond acceptors (Lipinski definition) is 4. The molecule has 2 amide bonds. The first kappa shape index (κ1) is 27.9. The predicted molar refractivity (Wildman–Crippen MR) is 158 cm³/mol. The maximum atomic E-state index is 14.0. The molecule has 0 saturated carbocycles. The lowest BCUT2D eigenvalue weighted by molar-refractivity contribution is 0.179. The number of carbonyl (C=O) groups excluding carboxylic acids is 1. The number of urea groups is 1. The second kappa shape index (κ2) is 13.1. The predicted octanol–water partition coefficient (Wildman–Crippen LogP) is 7.27. The van der Waals surface area contributed by atoms with Gasteiger partial charge in [0.25, 0.3) is 5.56 Å². The van der Waals surface area contributed by atoms with E-state index in [9.17, 15) is 9.59 Å². The normalized spacial score (nSPS) is 11.8. The molecule has 1 aromatic heterocycles. The van der Waals surface area contributed by atoms with Gasteiger partial charge in [0.2, 0.25) is 0 Å². The van der Waals surface area contributed by atoms with Crippen molar-refractivity contribution >= 4 is 22.6 Å². The third-order valence-electron chi connectivity index (χ3n) is 7.00. The van der Waals surface area contributed by atoms with E-state index in [-0.39, 0.29) is 11.6 Å². The highest BCUT2D eigenvalue weighted by atomic mass is 16.5. The number of benzene rings is 3. The summed E-state index contributed by atoms with van der Waals surface area (Å²) in [5.41, 5.74) is 2.86. The Morgan fingerprint density at radius 2 is 1.69 bits per heavy atom. The maximum Gasteiger partial charge on any atom is 0.322 e. The molecular formula is C32H38N4O3. The number of para-hydroxylation sites is 3. The summed E-state index contributed by atoms with van der Waals surface area (Å²) in [5.74, 6) is 1.08. The van der Waals surface area contributed by atoms with Gasteiger partial charge in [-0.3, -0.25) is 9.36 Å². The molecule has 1 N–H and O–H groups in total. The first-order valence-electron chi connectivity index (χ1n) is 13.8. The molecule has 7 nitrogen and oxygen atoms in total. The third kappa shape index (κ3) is 6.30. The van der Waals surface area contributed by atoms with Gasteiger partial charge < -0.3 is 15.0 Å². The topological polar surface area (TPSA) is 76.5 Å². The molecule has 0 spiro atoms. The number of nitrogens with one attached hydrogen (secondary N) is 1. The molecule has 0 aliphatic carbocycles. The lowest BCUT2D eigenvalue weighted by Gasteiger charge is -2.32. The van der Waals surface area contributed by atoms with Gasteiger partial charge in [-0.25, -0.2) is 9.78 Å².